The SMILES string of the molecule is CO[P+](O)(OC)C(c1ccccc1)c1ccccc1. The molecule has 0 spiro atoms. The zero-order valence-electron chi connectivity index (χ0n) is 11.1. The Balaban J connectivity index is 2.52. The van der Waals surface area contributed by atoms with Crippen molar-refractivity contribution in [3.63, 3.8) is 0 Å². The summed E-state index contributed by atoms with van der Waals surface area (Å²) in [5, 5.41) is 0. The molecule has 0 aliphatic carbocycles. The van der Waals surface area contributed by atoms with Gasteiger partial charge in [0.15, 0.2) is 0 Å². The molecule has 0 atom stereocenters. The van der Waals surface area contributed by atoms with Crippen molar-refractivity contribution in [2.75, 3.05) is 14.2 Å². The fourth-order valence-electron chi connectivity index (χ4n) is 2.13. The van der Waals surface area contributed by atoms with Crippen LogP contribution in [-0.2, 0) is 9.05 Å². The molecule has 1 N–H and O–H groups in total. The van der Waals surface area contributed by atoms with Gasteiger partial charge in [0.05, 0.1) is 14.2 Å². The van der Waals surface area contributed by atoms with E-state index in [0.717, 1.165) is 11.1 Å². The molecule has 0 aliphatic rings. The first kappa shape index (κ1) is 14.2. The van der Waals surface area contributed by atoms with Gasteiger partial charge in [0.1, 0.15) is 0 Å². The van der Waals surface area contributed by atoms with Gasteiger partial charge in [-0.2, -0.15) is 13.9 Å². The normalized spacial score (nSPS) is 11.8. The van der Waals surface area contributed by atoms with Crippen molar-refractivity contribution in [2.45, 2.75) is 5.66 Å². The topological polar surface area (TPSA) is 38.7 Å². The van der Waals surface area contributed by atoms with Gasteiger partial charge in [-0.05, 0) is 0 Å². The van der Waals surface area contributed by atoms with Crippen LogP contribution in [0.15, 0.2) is 60.7 Å². The molecule has 0 amide bonds. The first-order valence-electron chi connectivity index (χ1n) is 6.04. The highest BCUT2D eigenvalue weighted by atomic mass is 31.2. The van der Waals surface area contributed by atoms with E-state index in [9.17, 15) is 4.89 Å². The van der Waals surface area contributed by atoms with Crippen LogP contribution >= 0.6 is 7.94 Å². The van der Waals surface area contributed by atoms with Gasteiger partial charge in [-0.1, -0.05) is 60.7 Å². The van der Waals surface area contributed by atoms with Gasteiger partial charge in [0.25, 0.3) is 0 Å². The maximum Gasteiger partial charge on any atom is 0.420 e. The van der Waals surface area contributed by atoms with Crippen LogP contribution in [0.3, 0.4) is 0 Å². The molecule has 0 radical (unpaired) electrons. The minimum atomic E-state index is -2.99. The van der Waals surface area contributed by atoms with Crippen LogP contribution < -0.4 is 0 Å². The highest BCUT2D eigenvalue weighted by Gasteiger charge is 2.50. The second-order valence-electron chi connectivity index (χ2n) is 4.15. The molecule has 2 aromatic rings. The summed E-state index contributed by atoms with van der Waals surface area (Å²) < 4.78 is 10.6. The number of hydrogen-bond acceptors (Lipinski definition) is 3. The summed E-state index contributed by atoms with van der Waals surface area (Å²) in [6, 6.07) is 19.6. The van der Waals surface area contributed by atoms with E-state index in [1.807, 2.05) is 60.7 Å². The lowest BCUT2D eigenvalue weighted by atomic mass is 10.0. The average Bonchev–Trinajstić information content (AvgIpc) is 2.49. The summed E-state index contributed by atoms with van der Waals surface area (Å²) in [4.78, 5) is 10.7. The van der Waals surface area contributed by atoms with Crippen LogP contribution in [0.2, 0.25) is 0 Å². The van der Waals surface area contributed by atoms with E-state index in [1.54, 1.807) is 0 Å². The zero-order valence-corrected chi connectivity index (χ0v) is 12.0. The summed E-state index contributed by atoms with van der Waals surface area (Å²) in [7, 11) is -0.0205. The van der Waals surface area contributed by atoms with E-state index in [2.05, 4.69) is 0 Å². The largest absolute Gasteiger partial charge is 0.420 e. The van der Waals surface area contributed by atoms with Gasteiger partial charge in [-0.25, -0.2) is 0 Å². The first-order chi connectivity index (χ1) is 9.21. The zero-order chi connectivity index (χ0) is 13.7. The van der Waals surface area contributed by atoms with Crippen LogP contribution in [-0.4, -0.2) is 19.1 Å². The van der Waals surface area contributed by atoms with Crippen molar-refractivity contribution >= 4 is 7.94 Å². The lowest BCUT2D eigenvalue weighted by Gasteiger charge is -2.23. The summed E-state index contributed by atoms with van der Waals surface area (Å²) in [5.74, 6) is 0. The number of rotatable bonds is 5. The third kappa shape index (κ3) is 3.02. The second-order valence-corrected chi connectivity index (χ2v) is 6.53. The van der Waals surface area contributed by atoms with Gasteiger partial charge in [0, 0.05) is 11.1 Å². The van der Waals surface area contributed by atoms with Crippen LogP contribution in [0.4, 0.5) is 0 Å². The minimum Gasteiger partial charge on any atom is -0.192 e. The fourth-order valence-corrected chi connectivity index (χ4v) is 3.79. The highest BCUT2D eigenvalue weighted by Crippen LogP contribution is 2.69. The molecule has 0 saturated heterocycles. The van der Waals surface area contributed by atoms with Gasteiger partial charge in [-0.3, -0.25) is 0 Å². The number of hydrogen-bond donors (Lipinski definition) is 1. The molecular weight excluding hydrogens is 259 g/mol. The first-order valence-corrected chi connectivity index (χ1v) is 7.69. The van der Waals surface area contributed by atoms with E-state index in [-0.39, 0.29) is 5.66 Å². The maximum absolute atomic E-state index is 10.7. The summed E-state index contributed by atoms with van der Waals surface area (Å²) in [6.07, 6.45) is 0. The van der Waals surface area contributed by atoms with Crippen LogP contribution in [0.25, 0.3) is 0 Å². The van der Waals surface area contributed by atoms with Crippen molar-refractivity contribution < 1.29 is 13.9 Å². The third-order valence-electron chi connectivity index (χ3n) is 3.08. The molecule has 2 rings (SSSR count). The molecule has 0 unspecified atom stereocenters. The molecule has 0 aromatic heterocycles. The Bertz CT molecular complexity index is 458. The van der Waals surface area contributed by atoms with Crippen molar-refractivity contribution in [2.24, 2.45) is 0 Å². The lowest BCUT2D eigenvalue weighted by Crippen LogP contribution is -2.10. The highest BCUT2D eigenvalue weighted by molar-refractivity contribution is 7.61. The van der Waals surface area contributed by atoms with E-state index in [4.69, 9.17) is 9.05 Å². The summed E-state index contributed by atoms with van der Waals surface area (Å²) in [6.45, 7) is 0. The van der Waals surface area contributed by atoms with E-state index in [0.29, 0.717) is 0 Å². The molecule has 19 heavy (non-hydrogen) atoms. The second kappa shape index (κ2) is 6.27. The van der Waals surface area contributed by atoms with Crippen molar-refractivity contribution in [3.05, 3.63) is 71.8 Å². The average molecular weight is 277 g/mol. The Kier molecular flexibility index (Phi) is 4.67. The molecule has 100 valence electrons. The predicted molar refractivity (Wildman–Crippen MR) is 77.9 cm³/mol. The van der Waals surface area contributed by atoms with Crippen LogP contribution in [0.5, 0.6) is 0 Å². The van der Waals surface area contributed by atoms with E-state index in [1.165, 1.54) is 14.2 Å². The molecule has 0 fully saturated rings. The monoisotopic (exact) mass is 277 g/mol. The summed E-state index contributed by atoms with van der Waals surface area (Å²) in [5.41, 5.74) is 1.66. The molecule has 0 aliphatic heterocycles. The van der Waals surface area contributed by atoms with Gasteiger partial charge in [0.2, 0.25) is 5.66 Å². The molecular formula is C15H18O3P+. The van der Waals surface area contributed by atoms with E-state index < -0.39 is 7.94 Å². The van der Waals surface area contributed by atoms with E-state index >= 15 is 0 Å². The predicted octanol–water partition coefficient (Wildman–Crippen LogP) is 3.82. The third-order valence-corrected chi connectivity index (χ3v) is 5.38. The van der Waals surface area contributed by atoms with Crippen molar-refractivity contribution in [1.29, 1.82) is 0 Å². The molecule has 4 heteroatoms. The molecule has 2 aromatic carbocycles. The van der Waals surface area contributed by atoms with Crippen LogP contribution in [0, 0.1) is 0 Å². The smallest absolute Gasteiger partial charge is 0.192 e. The number of benzene rings is 2. The quantitative estimate of drug-likeness (QED) is 0.844. The standard InChI is InChI=1S/C15H18O3P/c1-17-19(16,18-2)15(13-9-5-3-6-10-13)14-11-7-4-8-12-14/h3-12,15-16H,1-2H3/q+1. The Morgan fingerprint density at radius 3 is 1.47 bits per heavy atom. The summed E-state index contributed by atoms with van der Waals surface area (Å²) >= 11 is 0. The molecule has 3 nitrogen and oxygen atoms in total. The Hall–Kier alpha value is -1.25. The fraction of sp³-hybridized carbons (Fsp3) is 0.200. The van der Waals surface area contributed by atoms with Crippen LogP contribution in [0.1, 0.15) is 16.8 Å². The van der Waals surface area contributed by atoms with Gasteiger partial charge < -0.3 is 0 Å². The Labute approximate surface area is 114 Å². The molecule has 0 saturated carbocycles. The molecule has 0 heterocycles. The lowest BCUT2D eigenvalue weighted by molar-refractivity contribution is 0.234. The van der Waals surface area contributed by atoms with Gasteiger partial charge >= 0.3 is 7.94 Å². The van der Waals surface area contributed by atoms with Crippen molar-refractivity contribution in [3.8, 4) is 0 Å². The maximum atomic E-state index is 10.7. The van der Waals surface area contributed by atoms with Crippen molar-refractivity contribution in [1.82, 2.24) is 0 Å². The minimum absolute atomic E-state index is 0.301. The van der Waals surface area contributed by atoms with Gasteiger partial charge in [-0.15, -0.1) is 0 Å². The Morgan fingerprint density at radius 1 is 0.789 bits per heavy atom. The Morgan fingerprint density at radius 2 is 1.16 bits per heavy atom. The molecule has 0 bridgehead atoms.